The lowest BCUT2D eigenvalue weighted by Crippen LogP contribution is -2.45. The Morgan fingerprint density at radius 2 is 2.24 bits per heavy atom. The fraction of sp³-hybridized carbons (Fsp3) is 0.692. The molecule has 0 bridgehead atoms. The van der Waals surface area contributed by atoms with Crippen molar-refractivity contribution in [1.82, 2.24) is 10.2 Å². The molecule has 2 unspecified atom stereocenters. The number of amides is 1. The molecule has 0 aromatic rings. The summed E-state index contributed by atoms with van der Waals surface area (Å²) in [6.45, 7) is 1.09. The molecule has 0 saturated carbocycles. The van der Waals surface area contributed by atoms with Gasteiger partial charge in [-0.05, 0) is 32.1 Å². The standard InChI is InChI=1S/C13H21N7O/c14-8-10-4-3-7-20(10)12(21)11(16)5-1-2-6-18-13(17)19-9-15/h10-11H,1-7,16H2,(H3,17,18,19). The second kappa shape index (κ2) is 8.77. The van der Waals surface area contributed by atoms with Gasteiger partial charge >= 0.3 is 0 Å². The fourth-order valence-corrected chi connectivity index (χ4v) is 2.27. The number of hydrogen-bond acceptors (Lipinski definition) is 5. The summed E-state index contributed by atoms with van der Waals surface area (Å²) in [5.41, 5.74) is 11.3. The van der Waals surface area contributed by atoms with Gasteiger partial charge in [0.15, 0.2) is 6.19 Å². The molecule has 0 radical (unpaired) electrons. The zero-order valence-corrected chi connectivity index (χ0v) is 12.0. The largest absolute Gasteiger partial charge is 0.369 e. The van der Waals surface area contributed by atoms with Crippen molar-refractivity contribution >= 4 is 11.9 Å². The van der Waals surface area contributed by atoms with Crippen molar-refractivity contribution < 1.29 is 4.79 Å². The van der Waals surface area contributed by atoms with Crippen molar-refractivity contribution in [2.24, 2.45) is 16.5 Å². The minimum Gasteiger partial charge on any atom is -0.369 e. The quantitative estimate of drug-likeness (QED) is 0.196. The monoisotopic (exact) mass is 291 g/mol. The average molecular weight is 291 g/mol. The van der Waals surface area contributed by atoms with E-state index in [1.165, 1.54) is 0 Å². The van der Waals surface area contributed by atoms with Crippen LogP contribution in [0.3, 0.4) is 0 Å². The van der Waals surface area contributed by atoms with Crippen LogP contribution in [-0.4, -0.2) is 41.9 Å². The number of hydrogen-bond donors (Lipinski definition) is 3. The molecule has 1 amide bonds. The van der Waals surface area contributed by atoms with Crippen LogP contribution < -0.4 is 16.8 Å². The minimum absolute atomic E-state index is 0.0896. The first-order chi connectivity index (χ1) is 10.1. The topological polar surface area (TPSA) is 144 Å². The van der Waals surface area contributed by atoms with Gasteiger partial charge in [0, 0.05) is 13.1 Å². The molecule has 1 aliphatic heterocycles. The van der Waals surface area contributed by atoms with Crippen LogP contribution in [0.4, 0.5) is 0 Å². The second-order valence-electron chi connectivity index (χ2n) is 4.92. The summed E-state index contributed by atoms with van der Waals surface area (Å²) in [4.78, 5) is 17.6. The van der Waals surface area contributed by atoms with Gasteiger partial charge in [0.25, 0.3) is 0 Å². The molecular formula is C13H21N7O. The van der Waals surface area contributed by atoms with E-state index >= 15 is 0 Å². The van der Waals surface area contributed by atoms with Gasteiger partial charge in [-0.2, -0.15) is 10.5 Å². The average Bonchev–Trinajstić information content (AvgIpc) is 2.94. The number of nitrogens with zero attached hydrogens (tertiary/aromatic N) is 4. The summed E-state index contributed by atoms with van der Waals surface area (Å²) in [6, 6.07) is 1.23. The van der Waals surface area contributed by atoms with E-state index in [2.05, 4.69) is 16.4 Å². The third-order valence-corrected chi connectivity index (χ3v) is 3.39. The van der Waals surface area contributed by atoms with Gasteiger partial charge in [0.1, 0.15) is 6.04 Å². The fourth-order valence-electron chi connectivity index (χ4n) is 2.27. The first kappa shape index (κ1) is 16.7. The highest BCUT2D eigenvalue weighted by atomic mass is 16.2. The normalized spacial score (nSPS) is 19.7. The number of carbonyl (C=O) groups is 1. The van der Waals surface area contributed by atoms with E-state index in [9.17, 15) is 4.79 Å². The molecule has 2 atom stereocenters. The second-order valence-corrected chi connectivity index (χ2v) is 4.92. The molecular weight excluding hydrogens is 270 g/mol. The van der Waals surface area contributed by atoms with Gasteiger partial charge in [-0.1, -0.05) is 0 Å². The maximum atomic E-state index is 12.1. The number of nitriles is 2. The molecule has 0 spiro atoms. The molecule has 5 N–H and O–H groups in total. The summed E-state index contributed by atoms with van der Waals surface area (Å²) in [5.74, 6) is -0.0555. The van der Waals surface area contributed by atoms with Crippen LogP contribution in [0, 0.1) is 22.8 Å². The van der Waals surface area contributed by atoms with Gasteiger partial charge in [-0.15, -0.1) is 0 Å². The Kier molecular flexibility index (Phi) is 6.99. The van der Waals surface area contributed by atoms with E-state index in [4.69, 9.17) is 22.0 Å². The number of nitrogens with two attached hydrogens (primary N) is 2. The number of nitrogens with one attached hydrogen (secondary N) is 1. The molecule has 8 heteroatoms. The van der Waals surface area contributed by atoms with Crippen LogP contribution in [0.5, 0.6) is 0 Å². The first-order valence-corrected chi connectivity index (χ1v) is 7.01. The number of guanidine groups is 1. The Hall–Kier alpha value is -2.32. The van der Waals surface area contributed by atoms with Gasteiger partial charge in [-0.25, -0.2) is 0 Å². The van der Waals surface area contributed by atoms with Crippen LogP contribution in [-0.2, 0) is 4.79 Å². The third kappa shape index (κ3) is 5.28. The Labute approximate surface area is 124 Å². The predicted octanol–water partition coefficient (Wildman–Crippen LogP) is -0.616. The highest BCUT2D eigenvalue weighted by Gasteiger charge is 2.31. The van der Waals surface area contributed by atoms with Crippen molar-refractivity contribution in [3.8, 4) is 12.3 Å². The number of rotatable bonds is 6. The zero-order chi connectivity index (χ0) is 15.7. The van der Waals surface area contributed by atoms with Gasteiger partial charge in [-0.3, -0.25) is 15.1 Å². The van der Waals surface area contributed by atoms with Crippen molar-refractivity contribution in [1.29, 1.82) is 10.5 Å². The van der Waals surface area contributed by atoms with E-state index in [0.717, 1.165) is 25.7 Å². The summed E-state index contributed by atoms with van der Waals surface area (Å²) >= 11 is 0. The molecule has 114 valence electrons. The molecule has 1 rings (SSSR count). The molecule has 1 aliphatic rings. The summed E-state index contributed by atoms with van der Waals surface area (Å²) < 4.78 is 0. The number of unbranched alkanes of at least 4 members (excludes halogenated alkanes) is 1. The van der Waals surface area contributed by atoms with Crippen molar-refractivity contribution in [3.63, 3.8) is 0 Å². The number of carbonyl (C=O) groups excluding carboxylic acids is 1. The lowest BCUT2D eigenvalue weighted by molar-refractivity contribution is -0.132. The van der Waals surface area contributed by atoms with Gasteiger partial charge < -0.3 is 16.4 Å². The molecule has 1 heterocycles. The Morgan fingerprint density at radius 3 is 2.90 bits per heavy atom. The Morgan fingerprint density at radius 1 is 1.48 bits per heavy atom. The number of aliphatic imine (C=N–C) groups is 1. The smallest absolute Gasteiger partial charge is 0.240 e. The Bertz CT molecular complexity index is 462. The van der Waals surface area contributed by atoms with Crippen LogP contribution in [0.15, 0.2) is 4.99 Å². The molecule has 1 saturated heterocycles. The predicted molar refractivity (Wildman–Crippen MR) is 77.4 cm³/mol. The van der Waals surface area contributed by atoms with Crippen molar-refractivity contribution in [2.75, 3.05) is 13.1 Å². The number of likely N-dealkylation sites (tertiary alicyclic amines) is 1. The maximum absolute atomic E-state index is 12.1. The van der Waals surface area contributed by atoms with Gasteiger partial charge in [0.05, 0.1) is 12.1 Å². The molecule has 1 fully saturated rings. The SMILES string of the molecule is N#CNC(N)=NCCCCC(N)C(=O)N1CCCC1C#N. The lowest BCUT2D eigenvalue weighted by Gasteiger charge is -2.23. The maximum Gasteiger partial charge on any atom is 0.240 e. The van der Waals surface area contributed by atoms with Crippen molar-refractivity contribution in [2.45, 2.75) is 44.2 Å². The molecule has 8 nitrogen and oxygen atoms in total. The highest BCUT2D eigenvalue weighted by Crippen LogP contribution is 2.18. The molecule has 21 heavy (non-hydrogen) atoms. The minimum atomic E-state index is -0.572. The molecule has 0 aromatic carbocycles. The van der Waals surface area contributed by atoms with Gasteiger partial charge in [0.2, 0.25) is 11.9 Å². The first-order valence-electron chi connectivity index (χ1n) is 7.01. The Balaban J connectivity index is 2.26. The van der Waals surface area contributed by atoms with E-state index in [1.54, 1.807) is 11.1 Å². The van der Waals surface area contributed by atoms with Crippen LogP contribution in [0.1, 0.15) is 32.1 Å². The molecule has 0 aromatic heterocycles. The third-order valence-electron chi connectivity index (χ3n) is 3.39. The van der Waals surface area contributed by atoms with E-state index in [-0.39, 0.29) is 17.9 Å². The highest BCUT2D eigenvalue weighted by molar-refractivity contribution is 5.82. The van der Waals surface area contributed by atoms with Crippen molar-refractivity contribution in [3.05, 3.63) is 0 Å². The zero-order valence-electron chi connectivity index (χ0n) is 12.0. The van der Waals surface area contributed by atoms with Crippen LogP contribution in [0.25, 0.3) is 0 Å². The van der Waals surface area contributed by atoms with Crippen LogP contribution >= 0.6 is 0 Å². The van der Waals surface area contributed by atoms with Crippen LogP contribution in [0.2, 0.25) is 0 Å². The van der Waals surface area contributed by atoms with E-state index in [1.807, 2.05) is 0 Å². The summed E-state index contributed by atoms with van der Waals surface area (Å²) in [6.07, 6.45) is 5.29. The van der Waals surface area contributed by atoms with E-state index in [0.29, 0.717) is 19.5 Å². The molecule has 0 aliphatic carbocycles. The lowest BCUT2D eigenvalue weighted by atomic mass is 10.1. The summed E-state index contributed by atoms with van der Waals surface area (Å²) in [7, 11) is 0. The summed E-state index contributed by atoms with van der Waals surface area (Å²) in [5, 5.41) is 19.5. The van der Waals surface area contributed by atoms with E-state index < -0.39 is 6.04 Å².